The minimum Gasteiger partial charge on any atom is -0.497 e. The molecule has 0 radical (unpaired) electrons. The molecule has 0 spiro atoms. The van der Waals surface area contributed by atoms with Gasteiger partial charge in [-0.1, -0.05) is 6.07 Å². The number of tetrazole rings is 1. The van der Waals surface area contributed by atoms with E-state index in [2.05, 4.69) is 25.8 Å². The Morgan fingerprint density at radius 3 is 2.72 bits per heavy atom. The summed E-state index contributed by atoms with van der Waals surface area (Å²) in [5.74, 6) is 1.89. The first-order valence-electron chi connectivity index (χ1n) is 7.67. The smallest absolute Gasteiger partial charge is 0.222 e. The fraction of sp³-hybridized carbons (Fsp3) is 0.176. The number of fused-ring (bicyclic) bond motifs is 3. The maximum atomic E-state index is 5.43. The molecule has 4 rings (SSSR count). The second-order valence-electron chi connectivity index (χ2n) is 5.56. The molecule has 126 valence electrons. The number of aryl methyl sites for hydroxylation is 1. The van der Waals surface area contributed by atoms with E-state index in [0.717, 1.165) is 22.3 Å². The zero-order valence-electron chi connectivity index (χ0n) is 14.0. The number of hydrogen-bond acceptors (Lipinski definition) is 7. The highest BCUT2D eigenvalue weighted by Gasteiger charge is 2.14. The van der Waals surface area contributed by atoms with Crippen molar-refractivity contribution in [1.29, 1.82) is 0 Å². The summed E-state index contributed by atoms with van der Waals surface area (Å²) in [5.41, 5.74) is 4.04. The van der Waals surface area contributed by atoms with Crippen LogP contribution in [-0.4, -0.2) is 39.2 Å². The standard InChI is InChI=1S/C17H16N6O2/c1-10-4-6-12-14(8-10)23-17(20-21-22-23)16(18-12)19-13-7-5-11(24-2)9-15(13)25-3/h4-9H,1-3H3,(H,18,19). The molecular formula is C17H16N6O2. The molecule has 0 saturated heterocycles. The molecule has 2 aromatic carbocycles. The second-order valence-corrected chi connectivity index (χ2v) is 5.56. The lowest BCUT2D eigenvalue weighted by atomic mass is 10.2. The number of benzene rings is 2. The molecule has 0 aliphatic carbocycles. The van der Waals surface area contributed by atoms with Gasteiger partial charge in [0.2, 0.25) is 5.65 Å². The molecule has 0 aliphatic heterocycles. The van der Waals surface area contributed by atoms with E-state index in [4.69, 9.17) is 9.47 Å². The number of nitrogens with one attached hydrogen (secondary N) is 1. The summed E-state index contributed by atoms with van der Waals surface area (Å²) in [6, 6.07) is 11.5. The minimum atomic E-state index is 0.538. The van der Waals surface area contributed by atoms with Gasteiger partial charge in [-0.15, -0.1) is 5.10 Å². The van der Waals surface area contributed by atoms with Gasteiger partial charge in [-0.3, -0.25) is 0 Å². The molecule has 0 aliphatic rings. The lowest BCUT2D eigenvalue weighted by Crippen LogP contribution is -2.02. The molecule has 0 saturated carbocycles. The molecule has 2 heterocycles. The summed E-state index contributed by atoms with van der Waals surface area (Å²) < 4.78 is 12.3. The van der Waals surface area contributed by atoms with E-state index >= 15 is 0 Å². The van der Waals surface area contributed by atoms with Crippen molar-refractivity contribution in [2.24, 2.45) is 0 Å². The quantitative estimate of drug-likeness (QED) is 0.613. The van der Waals surface area contributed by atoms with Crippen molar-refractivity contribution in [1.82, 2.24) is 25.0 Å². The van der Waals surface area contributed by atoms with Gasteiger partial charge < -0.3 is 14.8 Å². The van der Waals surface area contributed by atoms with Gasteiger partial charge in [-0.2, -0.15) is 4.52 Å². The molecular weight excluding hydrogens is 320 g/mol. The fourth-order valence-corrected chi connectivity index (χ4v) is 2.68. The van der Waals surface area contributed by atoms with Crippen molar-refractivity contribution >= 4 is 28.2 Å². The topological polar surface area (TPSA) is 86.5 Å². The summed E-state index contributed by atoms with van der Waals surface area (Å²) in [5, 5.41) is 15.2. The highest BCUT2D eigenvalue weighted by atomic mass is 16.5. The van der Waals surface area contributed by atoms with Crippen LogP contribution in [0.15, 0.2) is 36.4 Å². The number of nitrogens with zero attached hydrogens (tertiary/aromatic N) is 5. The normalized spacial score (nSPS) is 11.0. The molecule has 25 heavy (non-hydrogen) atoms. The van der Waals surface area contributed by atoms with E-state index in [1.807, 2.05) is 37.3 Å². The molecule has 0 unspecified atom stereocenters. The highest BCUT2D eigenvalue weighted by Crippen LogP contribution is 2.32. The second kappa shape index (κ2) is 5.90. The first-order valence-corrected chi connectivity index (χ1v) is 7.67. The van der Waals surface area contributed by atoms with E-state index < -0.39 is 0 Å². The van der Waals surface area contributed by atoms with Crippen LogP contribution >= 0.6 is 0 Å². The molecule has 1 N–H and O–H groups in total. The summed E-state index contributed by atoms with van der Waals surface area (Å²) >= 11 is 0. The van der Waals surface area contributed by atoms with E-state index in [-0.39, 0.29) is 0 Å². The molecule has 0 amide bonds. The van der Waals surface area contributed by atoms with Gasteiger partial charge in [0.15, 0.2) is 5.82 Å². The van der Waals surface area contributed by atoms with Crippen molar-refractivity contribution in [2.75, 3.05) is 19.5 Å². The fourth-order valence-electron chi connectivity index (χ4n) is 2.68. The molecule has 8 nitrogen and oxygen atoms in total. The Morgan fingerprint density at radius 2 is 1.92 bits per heavy atom. The van der Waals surface area contributed by atoms with Crippen molar-refractivity contribution < 1.29 is 9.47 Å². The van der Waals surface area contributed by atoms with E-state index in [0.29, 0.717) is 23.0 Å². The molecule has 4 aromatic rings. The Hall–Kier alpha value is -3.42. The first kappa shape index (κ1) is 15.1. The van der Waals surface area contributed by atoms with Gasteiger partial charge in [0.1, 0.15) is 11.5 Å². The van der Waals surface area contributed by atoms with Gasteiger partial charge in [0.05, 0.1) is 30.9 Å². The highest BCUT2D eigenvalue weighted by molar-refractivity contribution is 5.84. The van der Waals surface area contributed by atoms with E-state index in [9.17, 15) is 0 Å². The Labute approximate surface area is 143 Å². The van der Waals surface area contributed by atoms with Gasteiger partial charge in [0.25, 0.3) is 0 Å². The number of rotatable bonds is 4. The van der Waals surface area contributed by atoms with Crippen LogP contribution in [0, 0.1) is 6.92 Å². The van der Waals surface area contributed by atoms with Crippen LogP contribution in [0.4, 0.5) is 11.5 Å². The molecule has 2 aromatic heterocycles. The number of hydrogen-bond donors (Lipinski definition) is 1. The van der Waals surface area contributed by atoms with Crippen molar-refractivity contribution in [3.8, 4) is 11.5 Å². The van der Waals surface area contributed by atoms with Crippen LogP contribution in [0.5, 0.6) is 11.5 Å². The summed E-state index contributed by atoms with van der Waals surface area (Å²) in [7, 11) is 3.21. The van der Waals surface area contributed by atoms with Crippen LogP contribution in [0.1, 0.15) is 5.56 Å². The van der Waals surface area contributed by atoms with Gasteiger partial charge in [-0.05, 0) is 47.2 Å². The zero-order chi connectivity index (χ0) is 17.4. The number of anilines is 2. The predicted octanol–water partition coefficient (Wildman–Crippen LogP) is 2.74. The third-order valence-electron chi connectivity index (χ3n) is 3.93. The largest absolute Gasteiger partial charge is 0.497 e. The zero-order valence-corrected chi connectivity index (χ0v) is 14.0. The molecule has 0 bridgehead atoms. The Morgan fingerprint density at radius 1 is 1.04 bits per heavy atom. The number of ether oxygens (including phenoxy) is 2. The summed E-state index contributed by atoms with van der Waals surface area (Å²) in [6.07, 6.45) is 0. The van der Waals surface area contributed by atoms with Crippen molar-refractivity contribution in [3.63, 3.8) is 0 Å². The predicted molar refractivity (Wildman–Crippen MR) is 93.6 cm³/mol. The first-order chi connectivity index (χ1) is 12.2. The van der Waals surface area contributed by atoms with Gasteiger partial charge >= 0.3 is 0 Å². The van der Waals surface area contributed by atoms with Gasteiger partial charge in [-0.25, -0.2) is 4.98 Å². The van der Waals surface area contributed by atoms with Crippen LogP contribution in [0.2, 0.25) is 0 Å². The minimum absolute atomic E-state index is 0.538. The van der Waals surface area contributed by atoms with Crippen molar-refractivity contribution in [3.05, 3.63) is 42.0 Å². The average molecular weight is 336 g/mol. The third kappa shape index (κ3) is 2.57. The summed E-state index contributed by atoms with van der Waals surface area (Å²) in [4.78, 5) is 4.67. The Kier molecular flexibility index (Phi) is 3.57. The summed E-state index contributed by atoms with van der Waals surface area (Å²) in [6.45, 7) is 2.02. The maximum absolute atomic E-state index is 5.43. The lowest BCUT2D eigenvalue weighted by molar-refractivity contribution is 0.395. The lowest BCUT2D eigenvalue weighted by Gasteiger charge is -2.13. The Bertz CT molecular complexity index is 1080. The average Bonchev–Trinajstić information content (AvgIpc) is 3.13. The SMILES string of the molecule is COc1ccc(Nc2nc3ccc(C)cc3n3nnnc23)c(OC)c1. The Balaban J connectivity index is 1.86. The van der Waals surface area contributed by atoms with E-state index in [1.165, 1.54) is 0 Å². The van der Waals surface area contributed by atoms with Crippen molar-refractivity contribution in [2.45, 2.75) is 6.92 Å². The number of aromatic nitrogens is 5. The van der Waals surface area contributed by atoms with Crippen LogP contribution in [0.25, 0.3) is 16.7 Å². The van der Waals surface area contributed by atoms with Crippen LogP contribution in [0.3, 0.4) is 0 Å². The van der Waals surface area contributed by atoms with E-state index in [1.54, 1.807) is 24.8 Å². The molecule has 0 fully saturated rings. The monoisotopic (exact) mass is 336 g/mol. The number of methoxy groups -OCH3 is 2. The molecule has 8 heteroatoms. The molecule has 0 atom stereocenters. The van der Waals surface area contributed by atoms with Gasteiger partial charge in [0, 0.05) is 6.07 Å². The third-order valence-corrected chi connectivity index (χ3v) is 3.93. The van der Waals surface area contributed by atoms with Crippen LogP contribution < -0.4 is 14.8 Å². The van der Waals surface area contributed by atoms with Crippen LogP contribution in [-0.2, 0) is 0 Å². The maximum Gasteiger partial charge on any atom is 0.222 e.